The monoisotopic (exact) mass is 314 g/mol. The molecule has 0 aromatic heterocycles. The first-order valence-electron chi connectivity index (χ1n) is 6.70. The third-order valence-electron chi connectivity index (χ3n) is 3.24. The van der Waals surface area contributed by atoms with Crippen LogP contribution in [-0.4, -0.2) is 38.1 Å². The van der Waals surface area contributed by atoms with Crippen LogP contribution in [0.1, 0.15) is 23.2 Å². The smallest absolute Gasteiger partial charge is 0.387 e. The first-order valence-corrected chi connectivity index (χ1v) is 6.70. The molecule has 2 rings (SSSR count). The van der Waals surface area contributed by atoms with Gasteiger partial charge in [-0.2, -0.15) is 8.78 Å². The molecule has 0 aliphatic carbocycles. The van der Waals surface area contributed by atoms with E-state index in [2.05, 4.69) is 15.4 Å². The van der Waals surface area contributed by atoms with E-state index < -0.39 is 6.61 Å². The summed E-state index contributed by atoms with van der Waals surface area (Å²) in [5.74, 6) is -0.517. The van der Waals surface area contributed by atoms with Gasteiger partial charge < -0.3 is 20.1 Å². The molecule has 6 nitrogen and oxygen atoms in total. The number of hydrogen-bond donors (Lipinski definition) is 2. The van der Waals surface area contributed by atoms with E-state index in [9.17, 15) is 18.4 Å². The molecule has 0 radical (unpaired) electrons. The molecule has 1 aromatic carbocycles. The number of nitrogens with one attached hydrogen (secondary N) is 2. The molecule has 2 amide bonds. The lowest BCUT2D eigenvalue weighted by atomic mass is 10.1. The summed E-state index contributed by atoms with van der Waals surface area (Å²) < 4.78 is 33.7. The Labute approximate surface area is 125 Å². The highest BCUT2D eigenvalue weighted by molar-refractivity contribution is 5.95. The second-order valence-electron chi connectivity index (χ2n) is 4.76. The molecule has 1 aliphatic heterocycles. The van der Waals surface area contributed by atoms with Crippen molar-refractivity contribution < 1.29 is 27.8 Å². The van der Waals surface area contributed by atoms with E-state index in [1.165, 1.54) is 25.3 Å². The number of carbonyl (C=O) groups is 2. The van der Waals surface area contributed by atoms with Crippen LogP contribution in [0, 0.1) is 0 Å². The van der Waals surface area contributed by atoms with Crippen molar-refractivity contribution in [1.29, 1.82) is 0 Å². The Kier molecular flexibility index (Phi) is 5.13. The molecule has 0 unspecified atom stereocenters. The standard InChI is InChI=1S/C14H16F2N2O4/c1-21-11-6-8(2-4-10(11)22-14(15)16)13(20)17-7-9-3-5-12(19)18-9/h2,4,6,9,14H,3,5,7H2,1H3,(H,17,20)(H,18,19)/t9-/m1/s1. The fraction of sp³-hybridized carbons (Fsp3) is 0.429. The summed E-state index contributed by atoms with van der Waals surface area (Å²) in [6.45, 7) is -2.66. The zero-order chi connectivity index (χ0) is 16.1. The summed E-state index contributed by atoms with van der Waals surface area (Å²) in [5.41, 5.74) is 0.253. The van der Waals surface area contributed by atoms with Crippen LogP contribution in [0.25, 0.3) is 0 Å². The first-order chi connectivity index (χ1) is 10.5. The predicted octanol–water partition coefficient (Wildman–Crippen LogP) is 1.30. The van der Waals surface area contributed by atoms with Gasteiger partial charge in [-0.15, -0.1) is 0 Å². The second-order valence-corrected chi connectivity index (χ2v) is 4.76. The van der Waals surface area contributed by atoms with Crippen LogP contribution in [0.3, 0.4) is 0 Å². The van der Waals surface area contributed by atoms with Gasteiger partial charge in [-0.25, -0.2) is 0 Å². The number of hydrogen-bond acceptors (Lipinski definition) is 4. The highest BCUT2D eigenvalue weighted by Gasteiger charge is 2.21. The van der Waals surface area contributed by atoms with Gasteiger partial charge in [0.05, 0.1) is 7.11 Å². The highest BCUT2D eigenvalue weighted by atomic mass is 19.3. The van der Waals surface area contributed by atoms with Crippen LogP contribution in [0.5, 0.6) is 11.5 Å². The van der Waals surface area contributed by atoms with Gasteiger partial charge in [0.1, 0.15) is 0 Å². The van der Waals surface area contributed by atoms with Crippen LogP contribution in [-0.2, 0) is 4.79 Å². The lowest BCUT2D eigenvalue weighted by Gasteiger charge is -2.13. The maximum absolute atomic E-state index is 12.2. The Morgan fingerprint density at radius 1 is 1.45 bits per heavy atom. The van der Waals surface area contributed by atoms with Crippen LogP contribution in [0.4, 0.5) is 8.78 Å². The summed E-state index contributed by atoms with van der Waals surface area (Å²) in [7, 11) is 1.30. The van der Waals surface area contributed by atoms with Gasteiger partial charge in [-0.3, -0.25) is 9.59 Å². The molecule has 22 heavy (non-hydrogen) atoms. The molecule has 8 heteroatoms. The summed E-state index contributed by atoms with van der Waals surface area (Å²) in [6.07, 6.45) is 1.12. The number of halogens is 2. The second kappa shape index (κ2) is 7.06. The average molecular weight is 314 g/mol. The zero-order valence-corrected chi connectivity index (χ0v) is 11.9. The molecule has 1 fully saturated rings. The molecule has 1 aliphatic rings. The maximum atomic E-state index is 12.2. The fourth-order valence-electron chi connectivity index (χ4n) is 2.15. The average Bonchev–Trinajstić information content (AvgIpc) is 2.90. The number of methoxy groups -OCH3 is 1. The molecule has 1 aromatic rings. The Morgan fingerprint density at radius 3 is 2.82 bits per heavy atom. The Hall–Kier alpha value is -2.38. The van der Waals surface area contributed by atoms with E-state index >= 15 is 0 Å². The van der Waals surface area contributed by atoms with Crippen LogP contribution in [0.2, 0.25) is 0 Å². The minimum atomic E-state index is -2.97. The molecule has 1 heterocycles. The molecular weight excluding hydrogens is 298 g/mol. The SMILES string of the molecule is COc1cc(C(=O)NC[C@H]2CCC(=O)N2)ccc1OC(F)F. The lowest BCUT2D eigenvalue weighted by molar-refractivity contribution is -0.119. The van der Waals surface area contributed by atoms with Crippen molar-refractivity contribution in [2.24, 2.45) is 0 Å². The molecule has 0 saturated carbocycles. The van der Waals surface area contributed by atoms with Crippen LogP contribution < -0.4 is 20.1 Å². The summed E-state index contributed by atoms with van der Waals surface area (Å²) in [4.78, 5) is 23.1. The molecule has 2 N–H and O–H groups in total. The number of carbonyl (C=O) groups excluding carboxylic acids is 2. The lowest BCUT2D eigenvalue weighted by Crippen LogP contribution is -2.38. The Morgan fingerprint density at radius 2 is 2.23 bits per heavy atom. The molecule has 120 valence electrons. The van der Waals surface area contributed by atoms with E-state index in [1.807, 2.05) is 0 Å². The van der Waals surface area contributed by atoms with Gasteiger partial charge in [0.25, 0.3) is 5.91 Å². The van der Waals surface area contributed by atoms with Crippen molar-refractivity contribution in [2.75, 3.05) is 13.7 Å². The molecule has 1 saturated heterocycles. The number of alkyl halides is 2. The van der Waals surface area contributed by atoms with E-state index in [1.54, 1.807) is 0 Å². The maximum Gasteiger partial charge on any atom is 0.387 e. The van der Waals surface area contributed by atoms with Gasteiger partial charge in [0, 0.05) is 24.6 Å². The highest BCUT2D eigenvalue weighted by Crippen LogP contribution is 2.29. The fourth-order valence-corrected chi connectivity index (χ4v) is 2.15. The molecule has 0 spiro atoms. The van der Waals surface area contributed by atoms with Crippen molar-refractivity contribution in [2.45, 2.75) is 25.5 Å². The Balaban J connectivity index is 1.98. The van der Waals surface area contributed by atoms with Crippen LogP contribution in [0.15, 0.2) is 18.2 Å². The zero-order valence-electron chi connectivity index (χ0n) is 11.9. The topological polar surface area (TPSA) is 76.7 Å². The van der Waals surface area contributed by atoms with Gasteiger partial charge in [0.2, 0.25) is 5.91 Å². The minimum Gasteiger partial charge on any atom is -0.493 e. The van der Waals surface area contributed by atoms with Crippen molar-refractivity contribution in [3.8, 4) is 11.5 Å². The van der Waals surface area contributed by atoms with Crippen molar-refractivity contribution in [3.05, 3.63) is 23.8 Å². The van der Waals surface area contributed by atoms with Gasteiger partial charge in [-0.1, -0.05) is 0 Å². The normalized spacial score (nSPS) is 17.3. The summed E-state index contributed by atoms with van der Waals surface area (Å²) in [6, 6.07) is 3.85. The minimum absolute atomic E-state index is 0.0329. The van der Waals surface area contributed by atoms with E-state index in [4.69, 9.17) is 4.74 Å². The third-order valence-corrected chi connectivity index (χ3v) is 3.24. The summed E-state index contributed by atoms with van der Waals surface area (Å²) in [5, 5.41) is 5.41. The summed E-state index contributed by atoms with van der Waals surface area (Å²) >= 11 is 0. The van der Waals surface area contributed by atoms with E-state index in [0.29, 0.717) is 19.4 Å². The van der Waals surface area contributed by atoms with Crippen LogP contribution >= 0.6 is 0 Å². The predicted molar refractivity (Wildman–Crippen MR) is 73.1 cm³/mol. The number of amides is 2. The van der Waals surface area contributed by atoms with Crippen molar-refractivity contribution in [3.63, 3.8) is 0 Å². The van der Waals surface area contributed by atoms with Crippen molar-refractivity contribution >= 4 is 11.8 Å². The Bertz CT molecular complexity index is 566. The third kappa shape index (κ3) is 4.06. The molecule has 1 atom stereocenters. The van der Waals surface area contributed by atoms with Gasteiger partial charge >= 0.3 is 6.61 Å². The van der Waals surface area contributed by atoms with Gasteiger partial charge in [-0.05, 0) is 24.6 Å². The number of rotatable bonds is 6. The van der Waals surface area contributed by atoms with E-state index in [0.717, 1.165) is 0 Å². The molecular formula is C14H16F2N2O4. The quantitative estimate of drug-likeness (QED) is 0.830. The molecule has 0 bridgehead atoms. The van der Waals surface area contributed by atoms with Gasteiger partial charge in [0.15, 0.2) is 11.5 Å². The van der Waals surface area contributed by atoms with Crippen molar-refractivity contribution in [1.82, 2.24) is 10.6 Å². The largest absolute Gasteiger partial charge is 0.493 e. The number of benzene rings is 1. The number of ether oxygens (including phenoxy) is 2. The first kappa shape index (κ1) is 16.0. The van der Waals surface area contributed by atoms with E-state index in [-0.39, 0.29) is 34.9 Å².